The van der Waals surface area contributed by atoms with E-state index >= 15 is 0 Å². The number of amides is 2. The van der Waals surface area contributed by atoms with Crippen molar-refractivity contribution in [2.24, 2.45) is 5.92 Å². The number of hydrogen-bond donors (Lipinski definition) is 1. The molecule has 2 aromatic rings. The lowest BCUT2D eigenvalue weighted by Gasteiger charge is -2.17. The Bertz CT molecular complexity index is 897. The van der Waals surface area contributed by atoms with E-state index < -0.39 is 0 Å². The van der Waals surface area contributed by atoms with E-state index in [0.717, 1.165) is 29.0 Å². The van der Waals surface area contributed by atoms with Crippen molar-refractivity contribution in [1.82, 2.24) is 10.2 Å². The van der Waals surface area contributed by atoms with Crippen LogP contribution in [0.1, 0.15) is 17.5 Å². The maximum absolute atomic E-state index is 12.5. The average Bonchev–Trinajstić information content (AvgIpc) is 3.35. The van der Waals surface area contributed by atoms with E-state index in [4.69, 9.17) is 14.2 Å². The predicted octanol–water partition coefficient (Wildman–Crippen LogP) is 2.13. The molecule has 152 valence electrons. The monoisotopic (exact) mass is 396 g/mol. The minimum absolute atomic E-state index is 0.00188. The zero-order valence-corrected chi connectivity index (χ0v) is 16.3. The highest BCUT2D eigenvalue weighted by atomic mass is 16.7. The standard InChI is InChI=1S/C22H24N2O5/c1-27-18-5-2-15(3-6-18)8-9-23-22(26)17-11-21(25)24(13-17)12-16-4-7-19-20(10-16)29-14-28-19/h2-7,10,17H,8-9,11-14H2,1H3,(H,23,26). The first-order chi connectivity index (χ1) is 14.1. The zero-order valence-electron chi connectivity index (χ0n) is 16.3. The van der Waals surface area contributed by atoms with Crippen LogP contribution in [0.4, 0.5) is 0 Å². The largest absolute Gasteiger partial charge is 0.497 e. The van der Waals surface area contributed by atoms with E-state index in [1.54, 1.807) is 12.0 Å². The molecule has 0 bridgehead atoms. The van der Waals surface area contributed by atoms with Gasteiger partial charge in [0.05, 0.1) is 13.0 Å². The van der Waals surface area contributed by atoms with E-state index in [0.29, 0.717) is 25.4 Å². The molecular weight excluding hydrogens is 372 g/mol. The van der Waals surface area contributed by atoms with Crippen LogP contribution in [-0.2, 0) is 22.6 Å². The van der Waals surface area contributed by atoms with Gasteiger partial charge in [-0.05, 0) is 41.8 Å². The van der Waals surface area contributed by atoms with Crippen LogP contribution in [0.2, 0.25) is 0 Å². The second-order valence-corrected chi connectivity index (χ2v) is 7.25. The molecule has 0 saturated carbocycles. The van der Waals surface area contributed by atoms with Gasteiger partial charge in [-0.3, -0.25) is 9.59 Å². The van der Waals surface area contributed by atoms with Gasteiger partial charge in [0.1, 0.15) is 5.75 Å². The molecule has 2 aliphatic rings. The van der Waals surface area contributed by atoms with Gasteiger partial charge in [0.15, 0.2) is 11.5 Å². The van der Waals surface area contributed by atoms with Crippen molar-refractivity contribution in [2.45, 2.75) is 19.4 Å². The second kappa shape index (κ2) is 8.43. The fourth-order valence-electron chi connectivity index (χ4n) is 3.63. The third kappa shape index (κ3) is 4.45. The molecule has 1 saturated heterocycles. The number of hydrogen-bond acceptors (Lipinski definition) is 5. The summed E-state index contributed by atoms with van der Waals surface area (Å²) < 4.78 is 15.8. The van der Waals surface area contributed by atoms with Gasteiger partial charge in [0.2, 0.25) is 18.6 Å². The quantitative estimate of drug-likeness (QED) is 0.776. The summed E-state index contributed by atoms with van der Waals surface area (Å²) in [5.41, 5.74) is 2.08. The lowest BCUT2D eigenvalue weighted by atomic mass is 10.1. The van der Waals surface area contributed by atoms with E-state index in [1.807, 2.05) is 42.5 Å². The second-order valence-electron chi connectivity index (χ2n) is 7.25. The number of carbonyl (C=O) groups is 2. The number of fused-ring (bicyclic) bond motifs is 1. The molecule has 0 radical (unpaired) electrons. The molecule has 2 aromatic carbocycles. The molecule has 0 aliphatic carbocycles. The van der Waals surface area contributed by atoms with Gasteiger partial charge in [-0.15, -0.1) is 0 Å². The Morgan fingerprint density at radius 2 is 1.90 bits per heavy atom. The Kier molecular flexibility index (Phi) is 5.55. The van der Waals surface area contributed by atoms with Crippen molar-refractivity contribution in [3.63, 3.8) is 0 Å². The first kappa shape index (κ1) is 19.1. The van der Waals surface area contributed by atoms with Crippen molar-refractivity contribution >= 4 is 11.8 Å². The number of nitrogens with zero attached hydrogens (tertiary/aromatic N) is 1. The first-order valence-corrected chi connectivity index (χ1v) is 9.69. The van der Waals surface area contributed by atoms with E-state index in [-0.39, 0.29) is 30.9 Å². The Hall–Kier alpha value is -3.22. The molecule has 1 N–H and O–H groups in total. The summed E-state index contributed by atoms with van der Waals surface area (Å²) in [7, 11) is 1.63. The van der Waals surface area contributed by atoms with Crippen LogP contribution in [0.5, 0.6) is 17.2 Å². The Balaban J connectivity index is 1.26. The smallest absolute Gasteiger partial charge is 0.231 e. The van der Waals surface area contributed by atoms with Crippen molar-refractivity contribution in [2.75, 3.05) is 27.0 Å². The van der Waals surface area contributed by atoms with Crippen LogP contribution < -0.4 is 19.5 Å². The third-order valence-corrected chi connectivity index (χ3v) is 5.27. The maximum atomic E-state index is 12.5. The van der Waals surface area contributed by atoms with E-state index in [1.165, 1.54) is 0 Å². The van der Waals surface area contributed by atoms with Gasteiger partial charge in [-0.25, -0.2) is 0 Å². The number of likely N-dealkylation sites (tertiary alicyclic amines) is 1. The zero-order chi connectivity index (χ0) is 20.2. The molecule has 4 rings (SSSR count). The molecule has 2 heterocycles. The highest BCUT2D eigenvalue weighted by molar-refractivity contribution is 5.89. The number of rotatable bonds is 7. The molecule has 1 fully saturated rings. The van der Waals surface area contributed by atoms with E-state index in [2.05, 4.69) is 5.32 Å². The minimum atomic E-state index is -0.313. The highest BCUT2D eigenvalue weighted by Crippen LogP contribution is 2.33. The molecule has 29 heavy (non-hydrogen) atoms. The molecule has 1 atom stereocenters. The molecule has 1 unspecified atom stereocenters. The lowest BCUT2D eigenvalue weighted by Crippen LogP contribution is -2.34. The van der Waals surface area contributed by atoms with Crippen LogP contribution >= 0.6 is 0 Å². The summed E-state index contributed by atoms with van der Waals surface area (Å²) in [5.74, 6) is 1.84. The summed E-state index contributed by atoms with van der Waals surface area (Å²) in [6, 6.07) is 13.4. The minimum Gasteiger partial charge on any atom is -0.497 e. The van der Waals surface area contributed by atoms with Crippen molar-refractivity contribution < 1.29 is 23.8 Å². The Morgan fingerprint density at radius 3 is 2.69 bits per heavy atom. The highest BCUT2D eigenvalue weighted by Gasteiger charge is 2.34. The molecule has 7 heteroatoms. The van der Waals surface area contributed by atoms with Crippen LogP contribution in [0, 0.1) is 5.92 Å². The van der Waals surface area contributed by atoms with E-state index in [9.17, 15) is 9.59 Å². The number of carbonyl (C=O) groups excluding carboxylic acids is 2. The fraction of sp³-hybridized carbons (Fsp3) is 0.364. The summed E-state index contributed by atoms with van der Waals surface area (Å²) in [6.45, 7) is 1.66. The fourth-order valence-corrected chi connectivity index (χ4v) is 3.63. The lowest BCUT2D eigenvalue weighted by molar-refractivity contribution is -0.129. The summed E-state index contributed by atoms with van der Waals surface area (Å²) >= 11 is 0. The van der Waals surface area contributed by atoms with Gasteiger partial charge in [-0.2, -0.15) is 0 Å². The van der Waals surface area contributed by atoms with Crippen LogP contribution in [0.25, 0.3) is 0 Å². The number of ether oxygens (including phenoxy) is 3. The van der Waals surface area contributed by atoms with Gasteiger partial charge in [-0.1, -0.05) is 18.2 Å². The average molecular weight is 396 g/mol. The van der Waals surface area contributed by atoms with Gasteiger partial charge < -0.3 is 24.4 Å². The summed E-state index contributed by atoms with van der Waals surface area (Å²) in [4.78, 5) is 26.6. The molecular formula is C22H24N2O5. The molecule has 0 aromatic heterocycles. The summed E-state index contributed by atoms with van der Waals surface area (Å²) in [5, 5.41) is 2.96. The predicted molar refractivity (Wildman–Crippen MR) is 106 cm³/mol. The third-order valence-electron chi connectivity index (χ3n) is 5.27. The van der Waals surface area contributed by atoms with Gasteiger partial charge in [0, 0.05) is 26.1 Å². The van der Waals surface area contributed by atoms with Crippen LogP contribution in [0.3, 0.4) is 0 Å². The Labute approximate surface area is 169 Å². The van der Waals surface area contributed by atoms with Crippen molar-refractivity contribution in [1.29, 1.82) is 0 Å². The van der Waals surface area contributed by atoms with Crippen molar-refractivity contribution in [3.05, 3.63) is 53.6 Å². The maximum Gasteiger partial charge on any atom is 0.231 e. The van der Waals surface area contributed by atoms with Gasteiger partial charge >= 0.3 is 0 Å². The van der Waals surface area contributed by atoms with Crippen LogP contribution in [0.15, 0.2) is 42.5 Å². The normalized spacial score (nSPS) is 17.5. The SMILES string of the molecule is COc1ccc(CCNC(=O)C2CC(=O)N(Cc3ccc4c(c3)OCO4)C2)cc1. The number of benzene rings is 2. The van der Waals surface area contributed by atoms with Crippen molar-refractivity contribution in [3.8, 4) is 17.2 Å². The topological polar surface area (TPSA) is 77.1 Å². The summed E-state index contributed by atoms with van der Waals surface area (Å²) in [6.07, 6.45) is 0.982. The molecule has 2 aliphatic heterocycles. The molecule has 7 nitrogen and oxygen atoms in total. The molecule has 2 amide bonds. The number of methoxy groups -OCH3 is 1. The first-order valence-electron chi connectivity index (χ1n) is 9.69. The number of nitrogens with one attached hydrogen (secondary N) is 1. The Morgan fingerprint density at radius 1 is 1.14 bits per heavy atom. The van der Waals surface area contributed by atoms with Crippen LogP contribution in [-0.4, -0.2) is 43.7 Å². The van der Waals surface area contributed by atoms with Gasteiger partial charge in [0.25, 0.3) is 0 Å². The molecule has 0 spiro atoms.